The first-order chi connectivity index (χ1) is 11.9. The highest BCUT2D eigenvalue weighted by Gasteiger charge is 2.39. The summed E-state index contributed by atoms with van der Waals surface area (Å²) >= 11 is 0. The fourth-order valence-corrected chi connectivity index (χ4v) is 3.12. The molecule has 7 heteroatoms. The van der Waals surface area contributed by atoms with E-state index >= 15 is 0 Å². The van der Waals surface area contributed by atoms with Crippen LogP contribution in [0.2, 0.25) is 0 Å². The van der Waals surface area contributed by atoms with E-state index in [1.807, 2.05) is 13.8 Å². The third-order valence-corrected chi connectivity index (χ3v) is 4.64. The number of aliphatic hydroxyl groups is 1. The Balaban J connectivity index is 1.73. The van der Waals surface area contributed by atoms with Gasteiger partial charge < -0.3 is 10.0 Å². The second kappa shape index (κ2) is 6.92. The van der Waals surface area contributed by atoms with E-state index in [-0.39, 0.29) is 30.7 Å². The van der Waals surface area contributed by atoms with E-state index in [9.17, 15) is 14.3 Å². The monoisotopic (exact) mass is 346 g/mol. The van der Waals surface area contributed by atoms with Crippen molar-refractivity contribution < 1.29 is 14.3 Å². The molecule has 1 aromatic carbocycles. The molecule has 0 spiro atoms. The van der Waals surface area contributed by atoms with Crippen LogP contribution in [0.5, 0.6) is 0 Å². The van der Waals surface area contributed by atoms with Crippen molar-refractivity contribution in [1.82, 2.24) is 19.9 Å². The predicted octanol–water partition coefficient (Wildman–Crippen LogP) is 2.05. The summed E-state index contributed by atoms with van der Waals surface area (Å²) in [6.07, 6.45) is 2.90. The Labute approximate surface area is 146 Å². The lowest BCUT2D eigenvalue weighted by Crippen LogP contribution is -2.49. The first kappa shape index (κ1) is 17.5. The van der Waals surface area contributed by atoms with E-state index in [4.69, 9.17) is 0 Å². The molecule has 3 rings (SSSR count). The second-order valence-electron chi connectivity index (χ2n) is 6.90. The fraction of sp³-hybridized carbons (Fsp3) is 0.500. The molecule has 134 valence electrons. The maximum Gasteiger partial charge on any atom is 0.227 e. The number of carbonyl (C=O) groups is 1. The molecule has 0 saturated carbocycles. The van der Waals surface area contributed by atoms with Crippen LogP contribution in [-0.4, -0.2) is 44.0 Å². The van der Waals surface area contributed by atoms with Crippen LogP contribution >= 0.6 is 0 Å². The number of aromatic nitrogens is 3. The molecular formula is C18H23FN4O2. The summed E-state index contributed by atoms with van der Waals surface area (Å²) in [6, 6.07) is 6.41. The Kier molecular flexibility index (Phi) is 4.85. The minimum Gasteiger partial charge on any atom is -0.382 e. The average Bonchev–Trinajstić information content (AvgIpc) is 3.08. The van der Waals surface area contributed by atoms with Gasteiger partial charge in [0.15, 0.2) is 0 Å². The number of nitrogens with zero attached hydrogens (tertiary/aromatic N) is 4. The quantitative estimate of drug-likeness (QED) is 0.920. The van der Waals surface area contributed by atoms with Crippen molar-refractivity contribution in [3.05, 3.63) is 47.5 Å². The predicted molar refractivity (Wildman–Crippen MR) is 90.2 cm³/mol. The lowest BCUT2D eigenvalue weighted by molar-refractivity contribution is -0.138. The first-order valence-corrected chi connectivity index (χ1v) is 8.55. The summed E-state index contributed by atoms with van der Waals surface area (Å²) < 4.78 is 15.5. The number of likely N-dealkylation sites (tertiary alicyclic amines) is 1. The van der Waals surface area contributed by atoms with Gasteiger partial charge in [-0.25, -0.2) is 9.07 Å². The van der Waals surface area contributed by atoms with Crippen molar-refractivity contribution in [2.24, 2.45) is 0 Å². The van der Waals surface area contributed by atoms with Crippen molar-refractivity contribution >= 4 is 5.91 Å². The van der Waals surface area contributed by atoms with Crippen LogP contribution < -0.4 is 0 Å². The molecule has 1 aliphatic rings. The molecule has 0 radical (unpaired) electrons. The number of amides is 1. The lowest BCUT2D eigenvalue weighted by atomic mass is 9.89. The smallest absolute Gasteiger partial charge is 0.227 e. The lowest BCUT2D eigenvalue weighted by Gasteiger charge is -2.38. The molecule has 2 heterocycles. The van der Waals surface area contributed by atoms with Crippen molar-refractivity contribution in [3.8, 4) is 0 Å². The van der Waals surface area contributed by atoms with E-state index in [1.54, 1.807) is 34.0 Å². The molecule has 1 aliphatic heterocycles. The zero-order chi connectivity index (χ0) is 18.0. The molecule has 1 atom stereocenters. The number of halogens is 1. The van der Waals surface area contributed by atoms with Crippen molar-refractivity contribution in [1.29, 1.82) is 0 Å². The van der Waals surface area contributed by atoms with Gasteiger partial charge in [-0.3, -0.25) is 4.79 Å². The Bertz CT molecular complexity index is 761. The van der Waals surface area contributed by atoms with Gasteiger partial charge in [-0.2, -0.15) is 0 Å². The Morgan fingerprint density at radius 1 is 1.40 bits per heavy atom. The third-order valence-electron chi connectivity index (χ3n) is 4.64. The minimum atomic E-state index is -1.21. The van der Waals surface area contributed by atoms with Gasteiger partial charge in [-0.1, -0.05) is 23.4 Å². The van der Waals surface area contributed by atoms with Crippen LogP contribution in [0.25, 0.3) is 0 Å². The maximum atomic E-state index is 13.8. The molecule has 1 saturated heterocycles. The Morgan fingerprint density at radius 2 is 2.16 bits per heavy atom. The molecular weight excluding hydrogens is 323 g/mol. The van der Waals surface area contributed by atoms with E-state index < -0.39 is 5.60 Å². The zero-order valence-corrected chi connectivity index (χ0v) is 14.5. The number of piperidine rings is 1. The standard InChI is InChI=1S/C18H23FN4O2/c1-13(2)23-11-16(20-21-23)18(25)8-5-9-22(12-18)17(24)10-14-6-3-4-7-15(14)19/h3-4,6-7,11,13,25H,5,8-10,12H2,1-2H3. The van der Waals surface area contributed by atoms with Gasteiger partial charge >= 0.3 is 0 Å². The van der Waals surface area contributed by atoms with Gasteiger partial charge in [-0.15, -0.1) is 5.10 Å². The summed E-state index contributed by atoms with van der Waals surface area (Å²) in [5.41, 5.74) is -0.368. The number of rotatable bonds is 4. The van der Waals surface area contributed by atoms with Crippen LogP contribution in [0, 0.1) is 5.82 Å². The average molecular weight is 346 g/mol. The minimum absolute atomic E-state index is 0.0125. The van der Waals surface area contributed by atoms with Gasteiger partial charge in [0, 0.05) is 12.6 Å². The summed E-state index contributed by atoms with van der Waals surface area (Å²) in [5, 5.41) is 19.1. The summed E-state index contributed by atoms with van der Waals surface area (Å²) in [6.45, 7) is 4.66. The van der Waals surface area contributed by atoms with Crippen molar-refractivity contribution in [2.75, 3.05) is 13.1 Å². The number of benzene rings is 1. The van der Waals surface area contributed by atoms with Gasteiger partial charge in [0.1, 0.15) is 17.1 Å². The second-order valence-corrected chi connectivity index (χ2v) is 6.90. The van der Waals surface area contributed by atoms with Crippen molar-refractivity contribution in [2.45, 2.75) is 44.8 Å². The SMILES string of the molecule is CC(C)n1cc(C2(O)CCCN(C(=O)Cc3ccccc3F)C2)nn1. The van der Waals surface area contributed by atoms with E-state index in [0.717, 1.165) is 0 Å². The molecule has 0 aliphatic carbocycles. The van der Waals surface area contributed by atoms with Gasteiger partial charge in [0.05, 0.1) is 19.2 Å². The third kappa shape index (κ3) is 3.71. The van der Waals surface area contributed by atoms with Crippen LogP contribution in [0.3, 0.4) is 0 Å². The van der Waals surface area contributed by atoms with Crippen LogP contribution in [0.4, 0.5) is 4.39 Å². The van der Waals surface area contributed by atoms with Gasteiger partial charge in [0.2, 0.25) is 5.91 Å². The molecule has 1 amide bonds. The largest absolute Gasteiger partial charge is 0.382 e. The summed E-state index contributed by atoms with van der Waals surface area (Å²) in [4.78, 5) is 14.1. The van der Waals surface area contributed by atoms with E-state index in [1.165, 1.54) is 6.07 Å². The molecule has 2 aromatic rings. The molecule has 25 heavy (non-hydrogen) atoms. The topological polar surface area (TPSA) is 71.2 Å². The summed E-state index contributed by atoms with van der Waals surface area (Å²) in [5.74, 6) is -0.581. The van der Waals surface area contributed by atoms with Crippen LogP contribution in [0.15, 0.2) is 30.5 Å². The van der Waals surface area contributed by atoms with E-state index in [0.29, 0.717) is 30.6 Å². The first-order valence-electron chi connectivity index (χ1n) is 8.55. The van der Waals surface area contributed by atoms with Crippen LogP contribution in [-0.2, 0) is 16.8 Å². The van der Waals surface area contributed by atoms with E-state index in [2.05, 4.69) is 10.3 Å². The number of carbonyl (C=O) groups excluding carboxylic acids is 1. The molecule has 0 bridgehead atoms. The van der Waals surface area contributed by atoms with Gasteiger partial charge in [0.25, 0.3) is 0 Å². The Hall–Kier alpha value is -2.28. The normalized spacial score (nSPS) is 20.9. The number of β-amino-alcohol motifs (C(OH)–C–C–N with tert-alkyl or cyclic N) is 1. The zero-order valence-electron chi connectivity index (χ0n) is 14.5. The highest BCUT2D eigenvalue weighted by Crippen LogP contribution is 2.30. The molecule has 1 unspecified atom stereocenters. The fourth-order valence-electron chi connectivity index (χ4n) is 3.12. The highest BCUT2D eigenvalue weighted by molar-refractivity contribution is 5.79. The molecule has 6 nitrogen and oxygen atoms in total. The maximum absolute atomic E-state index is 13.8. The highest BCUT2D eigenvalue weighted by atomic mass is 19.1. The summed E-state index contributed by atoms with van der Waals surface area (Å²) in [7, 11) is 0. The molecule has 1 aromatic heterocycles. The molecule has 1 fully saturated rings. The van der Waals surface area contributed by atoms with Crippen LogP contribution in [0.1, 0.15) is 44.0 Å². The number of hydrogen-bond donors (Lipinski definition) is 1. The Morgan fingerprint density at radius 3 is 2.84 bits per heavy atom. The van der Waals surface area contributed by atoms with Gasteiger partial charge in [-0.05, 0) is 38.3 Å². The number of hydrogen-bond acceptors (Lipinski definition) is 4. The van der Waals surface area contributed by atoms with Crippen molar-refractivity contribution in [3.63, 3.8) is 0 Å². The molecule has 1 N–H and O–H groups in total.